The fourth-order valence-electron chi connectivity index (χ4n) is 2.08. The minimum absolute atomic E-state index is 0.0377. The fraction of sp³-hybridized carbons (Fsp3) is 0.727. The molecule has 4 heteroatoms. The van der Waals surface area contributed by atoms with Gasteiger partial charge in [0.2, 0.25) is 0 Å². The summed E-state index contributed by atoms with van der Waals surface area (Å²) >= 11 is 0. The van der Waals surface area contributed by atoms with Crippen LogP contribution in [0.15, 0.2) is 6.07 Å². The summed E-state index contributed by atoms with van der Waals surface area (Å²) in [6.07, 6.45) is 2.27. The van der Waals surface area contributed by atoms with Gasteiger partial charge in [-0.25, -0.2) is 0 Å². The third-order valence-electron chi connectivity index (χ3n) is 3.23. The van der Waals surface area contributed by atoms with E-state index in [4.69, 9.17) is 5.73 Å². The van der Waals surface area contributed by atoms with E-state index < -0.39 is 5.54 Å². The van der Waals surface area contributed by atoms with Gasteiger partial charge in [0.1, 0.15) is 0 Å². The van der Waals surface area contributed by atoms with Gasteiger partial charge in [0.05, 0.1) is 24.4 Å². The summed E-state index contributed by atoms with van der Waals surface area (Å²) in [5, 5.41) is 13.8. The van der Waals surface area contributed by atoms with E-state index in [1.807, 2.05) is 24.6 Å². The smallest absolute Gasteiger partial charge is 0.0632 e. The van der Waals surface area contributed by atoms with Crippen LogP contribution >= 0.6 is 0 Å². The van der Waals surface area contributed by atoms with Gasteiger partial charge < -0.3 is 10.8 Å². The number of aromatic nitrogens is 2. The molecule has 3 N–H and O–H groups in total. The fourth-order valence-corrected chi connectivity index (χ4v) is 2.08. The van der Waals surface area contributed by atoms with Crippen molar-refractivity contribution < 1.29 is 5.11 Å². The molecule has 0 aliphatic heterocycles. The van der Waals surface area contributed by atoms with Crippen LogP contribution in [0.3, 0.4) is 0 Å². The summed E-state index contributed by atoms with van der Waals surface area (Å²) in [5.74, 6) is 0.464. The summed E-state index contributed by atoms with van der Waals surface area (Å²) in [5.41, 5.74) is 7.83. The highest BCUT2D eigenvalue weighted by Crippen LogP contribution is 2.38. The molecule has 1 fully saturated rings. The second kappa shape index (κ2) is 3.61. The van der Waals surface area contributed by atoms with E-state index in [1.165, 1.54) is 0 Å². The maximum atomic E-state index is 9.39. The largest absolute Gasteiger partial charge is 0.394 e. The van der Waals surface area contributed by atoms with E-state index in [9.17, 15) is 5.11 Å². The molecule has 0 spiro atoms. The van der Waals surface area contributed by atoms with Crippen LogP contribution in [0.1, 0.15) is 24.2 Å². The summed E-state index contributed by atoms with van der Waals surface area (Å²) in [6, 6.07) is 2.03. The Bertz CT molecular complexity index is 357. The third kappa shape index (κ3) is 2.06. The molecule has 0 amide bonds. The standard InChI is InChI=1S/C11H19N3O/c1-8-5-9(2)14(13-8)6-11(12,7-15)10-3-4-10/h5,10,15H,3-4,6-7,12H2,1-2H3. The second-order valence-electron chi connectivity index (χ2n) is 4.75. The Morgan fingerprint density at radius 2 is 2.27 bits per heavy atom. The Morgan fingerprint density at radius 1 is 1.60 bits per heavy atom. The molecule has 84 valence electrons. The zero-order chi connectivity index (χ0) is 11.1. The van der Waals surface area contributed by atoms with Gasteiger partial charge in [-0.2, -0.15) is 5.10 Å². The average molecular weight is 209 g/mol. The summed E-state index contributed by atoms with van der Waals surface area (Å²) in [6.45, 7) is 4.65. The van der Waals surface area contributed by atoms with Crippen molar-refractivity contribution in [3.63, 3.8) is 0 Å². The highest BCUT2D eigenvalue weighted by molar-refractivity contribution is 5.08. The van der Waals surface area contributed by atoms with E-state index in [0.29, 0.717) is 12.5 Å². The Kier molecular flexibility index (Phi) is 2.56. The first-order valence-corrected chi connectivity index (χ1v) is 5.46. The van der Waals surface area contributed by atoms with Crippen LogP contribution < -0.4 is 5.73 Å². The number of aryl methyl sites for hydroxylation is 2. The van der Waals surface area contributed by atoms with Crippen LogP contribution in [0, 0.1) is 19.8 Å². The molecule has 2 rings (SSSR count). The lowest BCUT2D eigenvalue weighted by molar-refractivity contribution is 0.154. The molecule has 1 atom stereocenters. The van der Waals surface area contributed by atoms with Crippen molar-refractivity contribution in [2.45, 2.75) is 38.8 Å². The van der Waals surface area contributed by atoms with Crippen molar-refractivity contribution in [3.05, 3.63) is 17.5 Å². The zero-order valence-electron chi connectivity index (χ0n) is 9.40. The Balaban J connectivity index is 2.15. The molecule has 15 heavy (non-hydrogen) atoms. The minimum Gasteiger partial charge on any atom is -0.394 e. The van der Waals surface area contributed by atoms with Crippen molar-refractivity contribution in [1.82, 2.24) is 9.78 Å². The number of nitrogens with zero attached hydrogens (tertiary/aromatic N) is 2. The van der Waals surface area contributed by atoms with Crippen molar-refractivity contribution in [2.24, 2.45) is 11.7 Å². The normalized spacial score (nSPS) is 20.3. The summed E-state index contributed by atoms with van der Waals surface area (Å²) in [4.78, 5) is 0. The van der Waals surface area contributed by atoms with Gasteiger partial charge >= 0.3 is 0 Å². The zero-order valence-corrected chi connectivity index (χ0v) is 9.40. The van der Waals surface area contributed by atoms with Crippen LogP contribution in [0.2, 0.25) is 0 Å². The Hall–Kier alpha value is -0.870. The number of aliphatic hydroxyl groups is 1. The topological polar surface area (TPSA) is 64.1 Å². The summed E-state index contributed by atoms with van der Waals surface area (Å²) in [7, 11) is 0. The van der Waals surface area contributed by atoms with Gasteiger partial charge in [0.15, 0.2) is 0 Å². The maximum absolute atomic E-state index is 9.39. The van der Waals surface area contributed by atoms with Gasteiger partial charge in [-0.1, -0.05) is 0 Å². The van der Waals surface area contributed by atoms with Crippen molar-refractivity contribution in [3.8, 4) is 0 Å². The van der Waals surface area contributed by atoms with Gasteiger partial charge in [-0.05, 0) is 38.7 Å². The first kappa shape index (κ1) is 10.6. The lowest BCUT2D eigenvalue weighted by atomic mass is 9.96. The molecular weight excluding hydrogens is 190 g/mol. The maximum Gasteiger partial charge on any atom is 0.0632 e. The number of nitrogens with two attached hydrogens (primary N) is 1. The molecule has 1 heterocycles. The lowest BCUT2D eigenvalue weighted by Crippen LogP contribution is -2.50. The first-order valence-electron chi connectivity index (χ1n) is 5.46. The predicted octanol–water partition coefficient (Wildman–Crippen LogP) is 0.600. The van der Waals surface area contributed by atoms with Crippen molar-refractivity contribution in [1.29, 1.82) is 0 Å². The van der Waals surface area contributed by atoms with Gasteiger partial charge in [-0.15, -0.1) is 0 Å². The number of hydrogen-bond donors (Lipinski definition) is 2. The Labute approximate surface area is 90.1 Å². The van der Waals surface area contributed by atoms with Crippen LogP contribution in [0.5, 0.6) is 0 Å². The van der Waals surface area contributed by atoms with E-state index in [1.54, 1.807) is 0 Å². The first-order chi connectivity index (χ1) is 7.05. The molecule has 0 bridgehead atoms. The Morgan fingerprint density at radius 3 is 2.67 bits per heavy atom. The van der Waals surface area contributed by atoms with Crippen LogP contribution in [0.4, 0.5) is 0 Å². The molecular formula is C11H19N3O. The molecule has 1 aliphatic rings. The van der Waals surface area contributed by atoms with Gasteiger partial charge in [0, 0.05) is 5.69 Å². The van der Waals surface area contributed by atoms with E-state index in [-0.39, 0.29) is 6.61 Å². The molecule has 1 unspecified atom stereocenters. The van der Waals surface area contributed by atoms with Gasteiger partial charge in [-0.3, -0.25) is 4.68 Å². The van der Waals surface area contributed by atoms with Gasteiger partial charge in [0.25, 0.3) is 0 Å². The number of rotatable bonds is 4. The number of aliphatic hydroxyl groups excluding tert-OH is 1. The molecule has 1 aromatic heterocycles. The quantitative estimate of drug-likeness (QED) is 0.763. The monoisotopic (exact) mass is 209 g/mol. The van der Waals surface area contributed by atoms with Crippen molar-refractivity contribution >= 4 is 0 Å². The van der Waals surface area contributed by atoms with E-state index in [2.05, 4.69) is 5.10 Å². The molecule has 1 aliphatic carbocycles. The van der Waals surface area contributed by atoms with Crippen molar-refractivity contribution in [2.75, 3.05) is 6.61 Å². The summed E-state index contributed by atoms with van der Waals surface area (Å²) < 4.78 is 1.91. The molecule has 0 saturated heterocycles. The SMILES string of the molecule is Cc1cc(C)n(CC(N)(CO)C2CC2)n1. The van der Waals surface area contributed by atoms with E-state index in [0.717, 1.165) is 24.2 Å². The molecule has 1 aromatic rings. The predicted molar refractivity (Wildman–Crippen MR) is 58.4 cm³/mol. The van der Waals surface area contributed by atoms with Crippen LogP contribution in [-0.2, 0) is 6.54 Å². The second-order valence-corrected chi connectivity index (χ2v) is 4.75. The minimum atomic E-state index is -0.483. The third-order valence-corrected chi connectivity index (χ3v) is 3.23. The molecule has 4 nitrogen and oxygen atoms in total. The molecule has 0 radical (unpaired) electrons. The molecule has 0 aromatic carbocycles. The highest BCUT2D eigenvalue weighted by atomic mass is 16.3. The lowest BCUT2D eigenvalue weighted by Gasteiger charge is -2.27. The number of hydrogen-bond acceptors (Lipinski definition) is 3. The van der Waals surface area contributed by atoms with Crippen LogP contribution in [-0.4, -0.2) is 27.0 Å². The van der Waals surface area contributed by atoms with Crippen LogP contribution in [0.25, 0.3) is 0 Å². The molecule has 1 saturated carbocycles. The highest BCUT2D eigenvalue weighted by Gasteiger charge is 2.42. The van der Waals surface area contributed by atoms with E-state index >= 15 is 0 Å². The average Bonchev–Trinajstić information content (AvgIpc) is 2.96.